The number of nitrogens with zero attached hydrogens (tertiary/aromatic N) is 2. The van der Waals surface area contributed by atoms with Gasteiger partial charge in [-0.3, -0.25) is 0 Å². The van der Waals surface area contributed by atoms with Crippen molar-refractivity contribution in [3.63, 3.8) is 0 Å². The monoisotopic (exact) mass is 403 g/mol. The molecule has 0 amide bonds. The lowest BCUT2D eigenvalue weighted by Crippen LogP contribution is -2.27. The van der Waals surface area contributed by atoms with Crippen LogP contribution in [0.5, 0.6) is 0 Å². The van der Waals surface area contributed by atoms with Gasteiger partial charge in [0, 0.05) is 4.47 Å². The van der Waals surface area contributed by atoms with Crippen molar-refractivity contribution >= 4 is 32.9 Å². The molecule has 1 aliphatic rings. The molecular weight excluding hydrogens is 386 g/mol. The summed E-state index contributed by atoms with van der Waals surface area (Å²) >= 11 is 3.55. The van der Waals surface area contributed by atoms with Gasteiger partial charge in [0.05, 0.1) is 23.1 Å². The van der Waals surface area contributed by atoms with Gasteiger partial charge in [-0.25, -0.2) is 4.98 Å². The normalized spacial score (nSPS) is 19.1. The van der Waals surface area contributed by atoms with Crippen molar-refractivity contribution in [1.29, 1.82) is 0 Å². The van der Waals surface area contributed by atoms with Crippen LogP contribution in [-0.2, 0) is 0 Å². The van der Waals surface area contributed by atoms with Gasteiger partial charge in [0.25, 0.3) is 0 Å². The van der Waals surface area contributed by atoms with Crippen LogP contribution in [0.2, 0.25) is 0 Å². The van der Waals surface area contributed by atoms with Gasteiger partial charge in [-0.05, 0) is 41.8 Å². The van der Waals surface area contributed by atoms with Crippen molar-refractivity contribution in [3.8, 4) is 0 Å². The van der Waals surface area contributed by atoms with Crippen LogP contribution in [0, 0.1) is 0 Å². The van der Waals surface area contributed by atoms with E-state index in [1.54, 1.807) is 0 Å². The van der Waals surface area contributed by atoms with Gasteiger partial charge in [0.2, 0.25) is 5.95 Å². The Kier molecular flexibility index (Phi) is 3.79. The van der Waals surface area contributed by atoms with E-state index in [1.807, 2.05) is 6.07 Å². The molecular formula is C22H18BrN3. The molecule has 0 spiro atoms. The molecule has 2 atom stereocenters. The van der Waals surface area contributed by atoms with E-state index in [9.17, 15) is 0 Å². The van der Waals surface area contributed by atoms with Crippen LogP contribution >= 0.6 is 15.9 Å². The molecule has 2 unspecified atom stereocenters. The van der Waals surface area contributed by atoms with Crippen molar-refractivity contribution in [2.75, 3.05) is 5.32 Å². The SMILES string of the molecule is Brc1ccc(C2CC(c3ccccc3)Nc3nc4ccccc4n32)cc1. The van der Waals surface area contributed by atoms with Crippen LogP contribution in [0.3, 0.4) is 0 Å². The third-order valence-electron chi connectivity index (χ3n) is 5.13. The molecule has 5 rings (SSSR count). The molecule has 128 valence electrons. The third-order valence-corrected chi connectivity index (χ3v) is 5.66. The first-order chi connectivity index (χ1) is 12.8. The number of rotatable bonds is 2. The average molecular weight is 404 g/mol. The Bertz CT molecular complexity index is 1050. The highest BCUT2D eigenvalue weighted by molar-refractivity contribution is 9.10. The van der Waals surface area contributed by atoms with Crippen LogP contribution in [-0.4, -0.2) is 9.55 Å². The zero-order valence-corrected chi connectivity index (χ0v) is 15.7. The van der Waals surface area contributed by atoms with E-state index < -0.39 is 0 Å². The first-order valence-corrected chi connectivity index (χ1v) is 9.63. The minimum Gasteiger partial charge on any atom is -0.349 e. The fourth-order valence-electron chi connectivity index (χ4n) is 3.88. The van der Waals surface area contributed by atoms with Gasteiger partial charge in [0.1, 0.15) is 0 Å². The second-order valence-corrected chi connectivity index (χ2v) is 7.62. The molecule has 4 aromatic rings. The van der Waals surface area contributed by atoms with Crippen LogP contribution in [0.4, 0.5) is 5.95 Å². The van der Waals surface area contributed by atoms with Crippen molar-refractivity contribution < 1.29 is 0 Å². The lowest BCUT2D eigenvalue weighted by atomic mass is 9.93. The summed E-state index contributed by atoms with van der Waals surface area (Å²) in [6.07, 6.45) is 0.985. The fraction of sp³-hybridized carbons (Fsp3) is 0.136. The highest BCUT2D eigenvalue weighted by Gasteiger charge is 2.30. The number of hydrogen-bond acceptors (Lipinski definition) is 2. The summed E-state index contributed by atoms with van der Waals surface area (Å²) < 4.78 is 3.45. The molecule has 1 aliphatic heterocycles. The third kappa shape index (κ3) is 2.61. The van der Waals surface area contributed by atoms with Crippen molar-refractivity contribution in [3.05, 3.63) is 94.5 Å². The molecule has 2 heterocycles. The highest BCUT2D eigenvalue weighted by atomic mass is 79.9. The number of hydrogen-bond donors (Lipinski definition) is 1. The standard InChI is InChI=1S/C22H18BrN3/c23-17-12-10-16(11-13-17)21-14-19(15-6-2-1-3-7-15)25-22-24-18-8-4-5-9-20(18)26(21)22/h1-13,19,21H,14H2,(H,24,25). The predicted octanol–water partition coefficient (Wildman–Crippen LogP) is 5.95. The molecule has 3 nitrogen and oxygen atoms in total. The number of anilines is 1. The Morgan fingerprint density at radius 1 is 0.846 bits per heavy atom. The van der Waals surface area contributed by atoms with Gasteiger partial charge < -0.3 is 9.88 Å². The van der Waals surface area contributed by atoms with Crippen LogP contribution < -0.4 is 5.32 Å². The molecule has 0 saturated carbocycles. The summed E-state index contributed by atoms with van der Waals surface area (Å²) in [5, 5.41) is 3.66. The minimum atomic E-state index is 0.245. The quantitative estimate of drug-likeness (QED) is 0.448. The van der Waals surface area contributed by atoms with Crippen molar-refractivity contribution in [1.82, 2.24) is 9.55 Å². The molecule has 3 aromatic carbocycles. The molecule has 0 saturated heterocycles. The van der Waals surface area contributed by atoms with Gasteiger partial charge in [-0.2, -0.15) is 0 Å². The molecule has 0 aliphatic carbocycles. The van der Waals surface area contributed by atoms with Gasteiger partial charge in [0.15, 0.2) is 0 Å². The van der Waals surface area contributed by atoms with Gasteiger partial charge >= 0.3 is 0 Å². The van der Waals surface area contributed by atoms with Crippen molar-refractivity contribution in [2.45, 2.75) is 18.5 Å². The second-order valence-electron chi connectivity index (χ2n) is 6.70. The summed E-state index contributed by atoms with van der Waals surface area (Å²) in [5.41, 5.74) is 4.81. The number of nitrogens with one attached hydrogen (secondary N) is 1. The smallest absolute Gasteiger partial charge is 0.204 e. The van der Waals surface area contributed by atoms with Crippen LogP contribution in [0.15, 0.2) is 83.3 Å². The Morgan fingerprint density at radius 3 is 2.38 bits per heavy atom. The van der Waals surface area contributed by atoms with Crippen LogP contribution in [0.1, 0.15) is 29.6 Å². The summed E-state index contributed by atoms with van der Waals surface area (Å²) in [6, 6.07) is 28.2. The number of para-hydroxylation sites is 2. The predicted molar refractivity (Wildman–Crippen MR) is 109 cm³/mol. The van der Waals surface area contributed by atoms with Gasteiger partial charge in [-0.15, -0.1) is 0 Å². The molecule has 1 N–H and O–H groups in total. The maximum absolute atomic E-state index is 4.86. The van der Waals surface area contributed by atoms with Crippen molar-refractivity contribution in [2.24, 2.45) is 0 Å². The Hall–Kier alpha value is -2.59. The summed E-state index contributed by atoms with van der Waals surface area (Å²) in [4.78, 5) is 4.86. The summed E-state index contributed by atoms with van der Waals surface area (Å²) in [7, 11) is 0. The molecule has 26 heavy (non-hydrogen) atoms. The number of fused-ring (bicyclic) bond motifs is 3. The lowest BCUT2D eigenvalue weighted by molar-refractivity contribution is 0.477. The van der Waals surface area contributed by atoms with Crippen LogP contribution in [0.25, 0.3) is 11.0 Å². The Balaban J connectivity index is 1.67. The molecule has 0 radical (unpaired) electrons. The molecule has 0 fully saturated rings. The Morgan fingerprint density at radius 2 is 1.58 bits per heavy atom. The van der Waals surface area contributed by atoms with Gasteiger partial charge in [-0.1, -0.05) is 70.5 Å². The Labute approximate surface area is 160 Å². The van der Waals surface area contributed by atoms with E-state index >= 15 is 0 Å². The van der Waals surface area contributed by atoms with E-state index in [2.05, 4.69) is 98.6 Å². The zero-order chi connectivity index (χ0) is 17.5. The number of halogens is 1. The van der Waals surface area contributed by atoms with E-state index in [0.29, 0.717) is 0 Å². The number of aromatic nitrogens is 2. The van der Waals surface area contributed by atoms with E-state index in [-0.39, 0.29) is 12.1 Å². The number of imidazole rings is 1. The fourth-order valence-corrected chi connectivity index (χ4v) is 4.14. The first kappa shape index (κ1) is 15.6. The maximum atomic E-state index is 4.86. The highest BCUT2D eigenvalue weighted by Crippen LogP contribution is 2.41. The number of benzene rings is 3. The molecule has 1 aromatic heterocycles. The lowest BCUT2D eigenvalue weighted by Gasteiger charge is -2.33. The maximum Gasteiger partial charge on any atom is 0.204 e. The topological polar surface area (TPSA) is 29.9 Å². The first-order valence-electron chi connectivity index (χ1n) is 8.83. The average Bonchev–Trinajstić information content (AvgIpc) is 3.07. The second kappa shape index (κ2) is 6.29. The minimum absolute atomic E-state index is 0.245. The van der Waals surface area contributed by atoms with E-state index in [1.165, 1.54) is 16.6 Å². The van der Waals surface area contributed by atoms with E-state index in [4.69, 9.17) is 4.98 Å². The molecule has 4 heteroatoms. The molecule has 0 bridgehead atoms. The largest absolute Gasteiger partial charge is 0.349 e. The summed E-state index contributed by atoms with van der Waals surface area (Å²) in [6.45, 7) is 0. The zero-order valence-electron chi connectivity index (χ0n) is 14.1. The summed E-state index contributed by atoms with van der Waals surface area (Å²) in [5.74, 6) is 0.944. The van der Waals surface area contributed by atoms with E-state index in [0.717, 1.165) is 22.4 Å².